The highest BCUT2D eigenvalue weighted by Crippen LogP contribution is 2.27. The lowest BCUT2D eigenvalue weighted by molar-refractivity contribution is -0.123. The molecule has 0 unspecified atom stereocenters. The number of nitrogens with one attached hydrogen (secondary N) is 1. The van der Waals surface area contributed by atoms with Gasteiger partial charge in [0.2, 0.25) is 5.43 Å². The van der Waals surface area contributed by atoms with Crippen LogP contribution in [0.1, 0.15) is 5.56 Å². The maximum Gasteiger partial charge on any atom is 0.277 e. The average Bonchev–Trinajstić information content (AvgIpc) is 2.63. The fourth-order valence-electron chi connectivity index (χ4n) is 2.15. The van der Waals surface area contributed by atoms with Crippen molar-refractivity contribution in [3.8, 4) is 5.75 Å². The van der Waals surface area contributed by atoms with Gasteiger partial charge >= 0.3 is 0 Å². The van der Waals surface area contributed by atoms with Crippen molar-refractivity contribution in [3.05, 3.63) is 73.5 Å². The van der Waals surface area contributed by atoms with Crippen LogP contribution in [0.5, 0.6) is 5.75 Å². The van der Waals surface area contributed by atoms with Crippen LogP contribution < -0.4 is 15.6 Å². The van der Waals surface area contributed by atoms with Crippen LogP contribution in [-0.4, -0.2) is 18.7 Å². The number of rotatable bonds is 5. The summed E-state index contributed by atoms with van der Waals surface area (Å²) < 4.78 is 10.6. The third-order valence-corrected chi connectivity index (χ3v) is 4.17. The monoisotopic (exact) mass is 424 g/mol. The average molecular weight is 426 g/mol. The van der Waals surface area contributed by atoms with E-state index in [4.69, 9.17) is 44.0 Å². The van der Waals surface area contributed by atoms with Crippen molar-refractivity contribution in [1.82, 2.24) is 5.43 Å². The van der Waals surface area contributed by atoms with Gasteiger partial charge in [0.25, 0.3) is 5.91 Å². The van der Waals surface area contributed by atoms with Gasteiger partial charge in [-0.25, -0.2) is 5.43 Å². The maximum atomic E-state index is 12.4. The van der Waals surface area contributed by atoms with Crippen molar-refractivity contribution in [2.45, 2.75) is 0 Å². The lowest BCUT2D eigenvalue weighted by Crippen LogP contribution is -2.25. The highest BCUT2D eigenvalue weighted by atomic mass is 35.5. The summed E-state index contributed by atoms with van der Waals surface area (Å²) in [6.07, 6.45) is 2.43. The first kappa shape index (κ1) is 19.2. The zero-order valence-electron chi connectivity index (χ0n) is 13.5. The molecule has 1 amide bonds. The minimum Gasteiger partial charge on any atom is -0.482 e. The number of hydrogen-bond acceptors (Lipinski definition) is 5. The van der Waals surface area contributed by atoms with Gasteiger partial charge in [0.05, 0.1) is 22.2 Å². The molecule has 0 aliphatic rings. The SMILES string of the molecule is O=C(COc1ccc(Cl)cc1Cl)N/N=C\c1coc2ccc(Cl)cc2c1=O. The summed E-state index contributed by atoms with van der Waals surface area (Å²) in [7, 11) is 0. The number of ether oxygens (including phenoxy) is 1. The predicted octanol–water partition coefficient (Wildman–Crippen LogP) is 4.28. The third-order valence-electron chi connectivity index (χ3n) is 3.41. The van der Waals surface area contributed by atoms with E-state index >= 15 is 0 Å². The van der Waals surface area contributed by atoms with Gasteiger partial charge in [-0.15, -0.1) is 0 Å². The minimum atomic E-state index is -0.537. The van der Waals surface area contributed by atoms with E-state index in [0.717, 1.165) is 0 Å². The quantitative estimate of drug-likeness (QED) is 0.488. The number of benzene rings is 2. The molecule has 0 saturated carbocycles. The molecule has 1 N–H and O–H groups in total. The van der Waals surface area contributed by atoms with Gasteiger partial charge in [-0.1, -0.05) is 34.8 Å². The number of hydrazone groups is 1. The molecule has 3 aromatic rings. The second kappa shape index (κ2) is 8.43. The predicted molar refractivity (Wildman–Crippen MR) is 105 cm³/mol. The van der Waals surface area contributed by atoms with E-state index in [1.165, 1.54) is 24.6 Å². The number of carbonyl (C=O) groups is 1. The zero-order valence-corrected chi connectivity index (χ0v) is 15.8. The molecule has 3 rings (SSSR count). The lowest BCUT2D eigenvalue weighted by Gasteiger charge is -2.06. The number of fused-ring (bicyclic) bond motifs is 1. The molecule has 6 nitrogen and oxygen atoms in total. The molecule has 0 aliphatic carbocycles. The number of carbonyl (C=O) groups excluding carboxylic acids is 1. The summed E-state index contributed by atoms with van der Waals surface area (Å²) in [4.78, 5) is 24.1. The molecule has 0 aliphatic heterocycles. The Labute approximate surface area is 168 Å². The zero-order chi connectivity index (χ0) is 19.4. The normalized spacial score (nSPS) is 11.1. The van der Waals surface area contributed by atoms with E-state index in [0.29, 0.717) is 26.8 Å². The smallest absolute Gasteiger partial charge is 0.277 e. The molecule has 9 heteroatoms. The van der Waals surface area contributed by atoms with Crippen molar-refractivity contribution in [2.75, 3.05) is 6.61 Å². The van der Waals surface area contributed by atoms with Crippen molar-refractivity contribution < 1.29 is 13.9 Å². The molecule has 27 heavy (non-hydrogen) atoms. The summed E-state index contributed by atoms with van der Waals surface area (Å²) in [5, 5.41) is 5.20. The summed E-state index contributed by atoms with van der Waals surface area (Å²) in [5.41, 5.74) is 2.49. The van der Waals surface area contributed by atoms with Gasteiger partial charge in [0.15, 0.2) is 6.61 Å². The lowest BCUT2D eigenvalue weighted by atomic mass is 10.2. The first-order chi connectivity index (χ1) is 12.9. The van der Waals surface area contributed by atoms with Crippen molar-refractivity contribution in [2.24, 2.45) is 5.10 Å². The fraction of sp³-hybridized carbons (Fsp3) is 0.0556. The number of nitrogens with zero attached hydrogens (tertiary/aromatic N) is 1. The molecule has 1 aromatic heterocycles. The van der Waals surface area contributed by atoms with E-state index < -0.39 is 5.91 Å². The van der Waals surface area contributed by atoms with E-state index in [-0.39, 0.29) is 22.6 Å². The summed E-state index contributed by atoms with van der Waals surface area (Å²) in [6, 6.07) is 9.35. The van der Waals surface area contributed by atoms with Gasteiger partial charge in [0.1, 0.15) is 17.6 Å². The van der Waals surface area contributed by atoms with E-state index in [1.54, 1.807) is 24.3 Å². The largest absolute Gasteiger partial charge is 0.482 e. The van der Waals surface area contributed by atoms with Crippen LogP contribution in [0.15, 0.2) is 57.0 Å². The molecule has 1 heterocycles. The Morgan fingerprint density at radius 1 is 1.15 bits per heavy atom. The maximum absolute atomic E-state index is 12.4. The summed E-state index contributed by atoms with van der Waals surface area (Å²) >= 11 is 17.6. The van der Waals surface area contributed by atoms with Crippen LogP contribution in [-0.2, 0) is 4.79 Å². The van der Waals surface area contributed by atoms with Crippen LogP contribution in [0.25, 0.3) is 11.0 Å². The molecule has 0 atom stereocenters. The number of halogens is 3. The standard InChI is InChI=1S/C18H11Cl3N2O4/c19-11-1-3-15-13(5-11)18(25)10(8-26-15)7-22-23-17(24)9-27-16-4-2-12(20)6-14(16)21/h1-8H,9H2,(H,23,24)/b22-7-. The number of amides is 1. The first-order valence-corrected chi connectivity index (χ1v) is 8.68. The van der Waals surface area contributed by atoms with Crippen molar-refractivity contribution in [1.29, 1.82) is 0 Å². The Bertz CT molecular complexity index is 1100. The van der Waals surface area contributed by atoms with Gasteiger partial charge in [-0.05, 0) is 36.4 Å². The molecule has 0 bridgehead atoms. The second-order valence-corrected chi connectivity index (χ2v) is 6.60. The summed E-state index contributed by atoms with van der Waals surface area (Å²) in [5.74, 6) is -0.224. The first-order valence-electron chi connectivity index (χ1n) is 7.55. The minimum absolute atomic E-state index is 0.159. The number of hydrogen-bond donors (Lipinski definition) is 1. The van der Waals surface area contributed by atoms with Gasteiger partial charge in [-0.2, -0.15) is 5.10 Å². The molecule has 138 valence electrons. The van der Waals surface area contributed by atoms with Crippen LogP contribution in [0.3, 0.4) is 0 Å². The van der Waals surface area contributed by atoms with E-state index in [2.05, 4.69) is 10.5 Å². The highest BCUT2D eigenvalue weighted by molar-refractivity contribution is 6.35. The highest BCUT2D eigenvalue weighted by Gasteiger charge is 2.08. The van der Waals surface area contributed by atoms with Crippen LogP contribution >= 0.6 is 34.8 Å². The van der Waals surface area contributed by atoms with Gasteiger partial charge in [-0.3, -0.25) is 9.59 Å². The Morgan fingerprint density at radius 2 is 1.89 bits per heavy atom. The Balaban J connectivity index is 1.63. The molecular formula is C18H11Cl3N2O4. The molecular weight excluding hydrogens is 415 g/mol. The van der Waals surface area contributed by atoms with Crippen LogP contribution in [0.4, 0.5) is 0 Å². The Hall–Kier alpha value is -2.54. The van der Waals surface area contributed by atoms with Crippen LogP contribution in [0, 0.1) is 0 Å². The molecule has 0 spiro atoms. The van der Waals surface area contributed by atoms with Crippen molar-refractivity contribution in [3.63, 3.8) is 0 Å². The van der Waals surface area contributed by atoms with Crippen LogP contribution in [0.2, 0.25) is 15.1 Å². The summed E-state index contributed by atoms with van der Waals surface area (Å²) in [6.45, 7) is -0.319. The van der Waals surface area contributed by atoms with E-state index in [1.807, 2.05) is 0 Å². The second-order valence-electron chi connectivity index (χ2n) is 5.32. The molecule has 0 radical (unpaired) electrons. The Kier molecular flexibility index (Phi) is 6.01. The van der Waals surface area contributed by atoms with Gasteiger partial charge in [0, 0.05) is 10.0 Å². The third kappa shape index (κ3) is 4.80. The molecule has 0 saturated heterocycles. The topological polar surface area (TPSA) is 80.9 Å². The fourth-order valence-corrected chi connectivity index (χ4v) is 2.78. The molecule has 2 aromatic carbocycles. The van der Waals surface area contributed by atoms with Gasteiger partial charge < -0.3 is 9.15 Å². The molecule has 0 fully saturated rings. The van der Waals surface area contributed by atoms with E-state index in [9.17, 15) is 9.59 Å². The van der Waals surface area contributed by atoms with Crippen molar-refractivity contribution >= 4 is 57.9 Å². The Morgan fingerprint density at radius 3 is 2.67 bits per heavy atom.